The summed E-state index contributed by atoms with van der Waals surface area (Å²) in [7, 11) is 0. The third-order valence-electron chi connectivity index (χ3n) is 3.39. The molecule has 6 nitrogen and oxygen atoms in total. The van der Waals surface area contributed by atoms with Crippen LogP contribution in [0, 0.1) is 12.7 Å². The molecule has 24 heavy (non-hydrogen) atoms. The van der Waals surface area contributed by atoms with E-state index in [9.17, 15) is 14.0 Å². The zero-order valence-electron chi connectivity index (χ0n) is 12.8. The number of amides is 1. The Labute approximate surface area is 136 Å². The summed E-state index contributed by atoms with van der Waals surface area (Å²) < 4.78 is 19.2. The molecule has 1 amide bonds. The maximum absolute atomic E-state index is 12.9. The van der Waals surface area contributed by atoms with Gasteiger partial charge in [-0.1, -0.05) is 17.3 Å². The molecule has 0 saturated carbocycles. The third kappa shape index (κ3) is 3.40. The molecule has 0 aliphatic heterocycles. The number of nitrogens with one attached hydrogen (secondary N) is 1. The molecule has 7 heteroatoms. The van der Waals surface area contributed by atoms with Crippen molar-refractivity contribution < 1.29 is 13.7 Å². The molecule has 1 N–H and O–H groups in total. The van der Waals surface area contributed by atoms with Gasteiger partial charge in [-0.2, -0.15) is 0 Å². The summed E-state index contributed by atoms with van der Waals surface area (Å²) in [4.78, 5) is 24.5. The average molecular weight is 327 g/mol. The van der Waals surface area contributed by atoms with Crippen LogP contribution in [0.2, 0.25) is 0 Å². The quantitative estimate of drug-likeness (QED) is 0.799. The van der Waals surface area contributed by atoms with Crippen molar-refractivity contribution in [2.24, 2.45) is 0 Å². The first-order valence-corrected chi connectivity index (χ1v) is 7.21. The van der Waals surface area contributed by atoms with Crippen molar-refractivity contribution in [1.29, 1.82) is 0 Å². The smallest absolute Gasteiger partial charge is 0.294 e. The van der Waals surface area contributed by atoms with Crippen molar-refractivity contribution in [2.75, 3.05) is 5.32 Å². The molecule has 122 valence electrons. The number of hydrogen-bond donors (Lipinski definition) is 1. The molecule has 0 aliphatic rings. The van der Waals surface area contributed by atoms with Crippen LogP contribution >= 0.6 is 0 Å². The second kappa shape index (κ2) is 6.49. The Hall–Kier alpha value is -3.22. The Morgan fingerprint density at radius 2 is 2.04 bits per heavy atom. The Balaban J connectivity index is 1.81. The van der Waals surface area contributed by atoms with E-state index in [1.54, 1.807) is 31.3 Å². The van der Waals surface area contributed by atoms with E-state index in [4.69, 9.17) is 4.52 Å². The van der Waals surface area contributed by atoms with Gasteiger partial charge in [-0.3, -0.25) is 9.59 Å². The van der Waals surface area contributed by atoms with Gasteiger partial charge in [0.1, 0.15) is 11.5 Å². The van der Waals surface area contributed by atoms with Crippen LogP contribution < -0.4 is 10.9 Å². The Bertz CT molecular complexity index is 929. The summed E-state index contributed by atoms with van der Waals surface area (Å²) in [5.74, 6) is -0.859. The summed E-state index contributed by atoms with van der Waals surface area (Å²) in [6.45, 7) is 1.96. The molecular weight excluding hydrogens is 313 g/mol. The number of benzene rings is 1. The van der Waals surface area contributed by atoms with Crippen molar-refractivity contribution in [3.05, 3.63) is 81.9 Å². The van der Waals surface area contributed by atoms with Gasteiger partial charge in [0.2, 0.25) is 5.76 Å². The highest BCUT2D eigenvalue weighted by molar-refractivity contribution is 6.02. The van der Waals surface area contributed by atoms with Gasteiger partial charge in [0, 0.05) is 12.3 Å². The van der Waals surface area contributed by atoms with Gasteiger partial charge in [0.05, 0.1) is 12.2 Å². The first-order valence-electron chi connectivity index (χ1n) is 7.21. The number of anilines is 1. The van der Waals surface area contributed by atoms with Crippen LogP contribution in [0.4, 0.5) is 10.1 Å². The Morgan fingerprint density at radius 3 is 2.71 bits per heavy atom. The molecule has 0 radical (unpaired) electrons. The molecular formula is C17H14FN3O3. The van der Waals surface area contributed by atoms with E-state index in [0.717, 1.165) is 5.56 Å². The highest BCUT2D eigenvalue weighted by Gasteiger charge is 2.14. The first-order chi connectivity index (χ1) is 11.5. The van der Waals surface area contributed by atoms with E-state index in [1.807, 2.05) is 0 Å². The van der Waals surface area contributed by atoms with E-state index in [0.29, 0.717) is 5.69 Å². The van der Waals surface area contributed by atoms with Gasteiger partial charge in [-0.15, -0.1) is 0 Å². The molecule has 3 aromatic rings. The normalized spacial score (nSPS) is 10.6. The average Bonchev–Trinajstić information content (AvgIpc) is 3.00. The van der Waals surface area contributed by atoms with Crippen molar-refractivity contribution >= 4 is 11.6 Å². The molecule has 0 bridgehead atoms. The zero-order chi connectivity index (χ0) is 17.1. The van der Waals surface area contributed by atoms with E-state index < -0.39 is 5.91 Å². The number of carbonyl (C=O) groups is 1. The van der Waals surface area contributed by atoms with Gasteiger partial charge >= 0.3 is 0 Å². The number of nitrogens with zero attached hydrogens (tertiary/aromatic N) is 2. The third-order valence-corrected chi connectivity index (χ3v) is 3.39. The highest BCUT2D eigenvalue weighted by Crippen LogP contribution is 2.08. The largest absolute Gasteiger partial charge is 0.351 e. The lowest BCUT2D eigenvalue weighted by Gasteiger charge is -2.08. The summed E-state index contributed by atoms with van der Waals surface area (Å²) in [6, 6.07) is 10.5. The van der Waals surface area contributed by atoms with Crippen LogP contribution in [0.3, 0.4) is 0 Å². The minimum absolute atomic E-state index is 0.0286. The number of rotatable bonds is 4. The molecule has 2 heterocycles. The predicted octanol–water partition coefficient (Wildman–Crippen LogP) is 2.58. The molecule has 0 unspecified atom stereocenters. The van der Waals surface area contributed by atoms with Gasteiger partial charge in [0.25, 0.3) is 11.5 Å². The molecule has 0 aliphatic carbocycles. The summed E-state index contributed by atoms with van der Waals surface area (Å²) in [5, 5.41) is 6.14. The standard InChI is InChI=1S/C17H14FN3O3/c1-11-9-15(24-20-11)16(22)19-14-3-2-8-21(17(14)23)10-12-4-6-13(18)7-5-12/h2-9H,10H2,1H3,(H,19,22). The van der Waals surface area contributed by atoms with Crippen LogP contribution in [0.25, 0.3) is 0 Å². The number of aromatic nitrogens is 2. The monoisotopic (exact) mass is 327 g/mol. The number of aryl methyl sites for hydroxylation is 1. The van der Waals surface area contributed by atoms with E-state index in [2.05, 4.69) is 10.5 Å². The van der Waals surface area contributed by atoms with Gasteiger partial charge in [-0.25, -0.2) is 4.39 Å². The summed E-state index contributed by atoms with van der Waals surface area (Å²) >= 11 is 0. The van der Waals surface area contributed by atoms with Crippen LogP contribution in [-0.2, 0) is 6.54 Å². The van der Waals surface area contributed by atoms with Crippen LogP contribution in [0.15, 0.2) is 58.0 Å². The lowest BCUT2D eigenvalue weighted by molar-refractivity contribution is 0.0987. The summed E-state index contributed by atoms with van der Waals surface area (Å²) in [6.07, 6.45) is 1.60. The minimum Gasteiger partial charge on any atom is -0.351 e. The topological polar surface area (TPSA) is 77.1 Å². The zero-order valence-corrected chi connectivity index (χ0v) is 12.8. The van der Waals surface area contributed by atoms with Crippen molar-refractivity contribution in [2.45, 2.75) is 13.5 Å². The SMILES string of the molecule is Cc1cc(C(=O)Nc2cccn(Cc3ccc(F)cc3)c2=O)on1. The molecule has 0 atom stereocenters. The maximum Gasteiger partial charge on any atom is 0.294 e. The Morgan fingerprint density at radius 1 is 1.29 bits per heavy atom. The molecule has 0 saturated heterocycles. The number of pyridine rings is 1. The number of halogens is 1. The molecule has 3 rings (SSSR count). The van der Waals surface area contributed by atoms with Gasteiger partial charge in [0.15, 0.2) is 0 Å². The molecule has 2 aromatic heterocycles. The molecule has 0 spiro atoms. The lowest BCUT2D eigenvalue weighted by Crippen LogP contribution is -2.25. The van der Waals surface area contributed by atoms with Crippen molar-refractivity contribution in [1.82, 2.24) is 9.72 Å². The number of carbonyl (C=O) groups excluding carboxylic acids is 1. The fourth-order valence-electron chi connectivity index (χ4n) is 2.20. The van der Waals surface area contributed by atoms with Crippen molar-refractivity contribution in [3.8, 4) is 0 Å². The van der Waals surface area contributed by atoms with Crippen LogP contribution in [-0.4, -0.2) is 15.6 Å². The fraction of sp³-hybridized carbons (Fsp3) is 0.118. The molecule has 1 aromatic carbocycles. The van der Waals surface area contributed by atoms with E-state index in [-0.39, 0.29) is 29.4 Å². The maximum atomic E-state index is 12.9. The number of hydrogen-bond acceptors (Lipinski definition) is 4. The first kappa shape index (κ1) is 15.7. The van der Waals surface area contributed by atoms with E-state index in [1.165, 1.54) is 28.8 Å². The molecule has 0 fully saturated rings. The second-order valence-electron chi connectivity index (χ2n) is 5.27. The highest BCUT2D eigenvalue weighted by atomic mass is 19.1. The van der Waals surface area contributed by atoms with E-state index >= 15 is 0 Å². The minimum atomic E-state index is -0.549. The van der Waals surface area contributed by atoms with Gasteiger partial charge in [-0.05, 0) is 36.8 Å². The Kier molecular flexibility index (Phi) is 4.24. The second-order valence-corrected chi connectivity index (χ2v) is 5.27. The van der Waals surface area contributed by atoms with Gasteiger partial charge < -0.3 is 14.4 Å². The fourth-order valence-corrected chi connectivity index (χ4v) is 2.20. The predicted molar refractivity (Wildman–Crippen MR) is 85.4 cm³/mol. The van der Waals surface area contributed by atoms with Crippen molar-refractivity contribution in [3.63, 3.8) is 0 Å². The summed E-state index contributed by atoms with van der Waals surface area (Å²) in [5.41, 5.74) is 1.10. The van der Waals surface area contributed by atoms with Crippen LogP contribution in [0.5, 0.6) is 0 Å². The van der Waals surface area contributed by atoms with Crippen LogP contribution in [0.1, 0.15) is 21.8 Å². The lowest BCUT2D eigenvalue weighted by atomic mass is 10.2.